The van der Waals surface area contributed by atoms with Crippen LogP contribution in [0.15, 0.2) is 53.4 Å². The van der Waals surface area contributed by atoms with Crippen molar-refractivity contribution in [2.24, 2.45) is 0 Å². The summed E-state index contributed by atoms with van der Waals surface area (Å²) in [6.07, 6.45) is 0. The van der Waals surface area contributed by atoms with Gasteiger partial charge in [0.2, 0.25) is 10.0 Å². The van der Waals surface area contributed by atoms with Crippen molar-refractivity contribution in [2.45, 2.75) is 38.5 Å². The maximum Gasteiger partial charge on any atom is 0.257 e. The lowest BCUT2D eigenvalue weighted by atomic mass is 10.0. The van der Waals surface area contributed by atoms with Crippen molar-refractivity contribution < 1.29 is 13.2 Å². The highest BCUT2D eigenvalue weighted by molar-refractivity contribution is 7.89. The maximum atomic E-state index is 12.5. The summed E-state index contributed by atoms with van der Waals surface area (Å²) < 4.78 is 26.4. The lowest BCUT2D eigenvalue weighted by Gasteiger charge is -2.18. The van der Waals surface area contributed by atoms with E-state index in [0.717, 1.165) is 5.56 Å². The smallest absolute Gasteiger partial charge is 0.257 e. The quantitative estimate of drug-likeness (QED) is 0.646. The van der Waals surface area contributed by atoms with Crippen LogP contribution in [-0.4, -0.2) is 36.8 Å². The number of rotatable bonds is 7. The molecule has 0 aromatic heterocycles. The van der Waals surface area contributed by atoms with E-state index in [-0.39, 0.29) is 15.9 Å². The van der Waals surface area contributed by atoms with Crippen LogP contribution >= 0.6 is 12.2 Å². The van der Waals surface area contributed by atoms with Gasteiger partial charge in [0, 0.05) is 24.3 Å². The second-order valence-corrected chi connectivity index (χ2v) is 9.14. The van der Waals surface area contributed by atoms with Gasteiger partial charge in [-0.1, -0.05) is 39.8 Å². The molecule has 0 aliphatic carbocycles. The first-order valence-electron chi connectivity index (χ1n) is 9.51. The van der Waals surface area contributed by atoms with Gasteiger partial charge < -0.3 is 5.32 Å². The molecule has 0 saturated carbocycles. The Bertz CT molecular complexity index is 950. The monoisotopic (exact) mass is 433 g/mol. The van der Waals surface area contributed by atoms with Crippen LogP contribution in [0.2, 0.25) is 0 Å². The van der Waals surface area contributed by atoms with Crippen LogP contribution < -0.4 is 10.6 Å². The van der Waals surface area contributed by atoms with Crippen molar-refractivity contribution in [3.8, 4) is 0 Å². The average Bonchev–Trinajstić information content (AvgIpc) is 2.69. The van der Waals surface area contributed by atoms with Crippen LogP contribution in [0.3, 0.4) is 0 Å². The number of carbonyl (C=O) groups excluding carboxylic acids is 1. The molecule has 156 valence electrons. The van der Waals surface area contributed by atoms with Crippen LogP contribution in [0.25, 0.3) is 0 Å². The van der Waals surface area contributed by atoms with Crippen molar-refractivity contribution >= 4 is 38.9 Å². The van der Waals surface area contributed by atoms with Gasteiger partial charge >= 0.3 is 0 Å². The molecule has 2 rings (SSSR count). The molecule has 1 amide bonds. The number of carbonyl (C=O) groups is 1. The standard InChI is InChI=1S/C21H27N3O3S2/c1-5-24(6-2)29(26,27)19-13-11-18(12-14-19)22-21(28)23-20(25)17-9-7-16(8-10-17)15(3)4/h7-15H,5-6H2,1-4H3,(H2,22,23,25,28). The summed E-state index contributed by atoms with van der Waals surface area (Å²) in [5.74, 6) is 0.0851. The molecule has 0 fully saturated rings. The molecule has 2 aromatic carbocycles. The fourth-order valence-corrected chi connectivity index (χ4v) is 4.45. The van der Waals surface area contributed by atoms with Crippen molar-refractivity contribution in [3.63, 3.8) is 0 Å². The Kier molecular flexibility index (Phi) is 7.89. The molecule has 0 radical (unpaired) electrons. The first-order valence-corrected chi connectivity index (χ1v) is 11.4. The number of anilines is 1. The lowest BCUT2D eigenvalue weighted by molar-refractivity contribution is 0.0977. The Morgan fingerprint density at radius 1 is 1.00 bits per heavy atom. The van der Waals surface area contributed by atoms with E-state index < -0.39 is 10.0 Å². The second kappa shape index (κ2) is 9.96. The van der Waals surface area contributed by atoms with Gasteiger partial charge in [-0.15, -0.1) is 0 Å². The van der Waals surface area contributed by atoms with E-state index in [0.29, 0.717) is 30.3 Å². The van der Waals surface area contributed by atoms with E-state index in [1.165, 1.54) is 16.4 Å². The topological polar surface area (TPSA) is 78.5 Å². The zero-order chi connectivity index (χ0) is 21.6. The van der Waals surface area contributed by atoms with Crippen LogP contribution in [0, 0.1) is 0 Å². The van der Waals surface area contributed by atoms with E-state index in [4.69, 9.17) is 12.2 Å². The van der Waals surface area contributed by atoms with E-state index in [9.17, 15) is 13.2 Å². The number of thiocarbonyl (C=S) groups is 1. The predicted octanol–water partition coefficient (Wildman–Crippen LogP) is 3.97. The number of nitrogens with one attached hydrogen (secondary N) is 2. The molecule has 2 aromatic rings. The lowest BCUT2D eigenvalue weighted by Crippen LogP contribution is -2.34. The fourth-order valence-electron chi connectivity index (χ4n) is 2.78. The van der Waals surface area contributed by atoms with E-state index in [1.807, 2.05) is 12.1 Å². The number of hydrogen-bond donors (Lipinski definition) is 2. The molecule has 0 spiro atoms. The molecule has 6 nitrogen and oxygen atoms in total. The minimum Gasteiger partial charge on any atom is -0.332 e. The molecule has 0 unspecified atom stereocenters. The number of amides is 1. The Labute approximate surface area is 178 Å². The Hall–Kier alpha value is -2.29. The molecule has 0 saturated heterocycles. The van der Waals surface area contributed by atoms with Gasteiger partial charge in [0.25, 0.3) is 5.91 Å². The molecule has 0 aliphatic heterocycles. The van der Waals surface area contributed by atoms with Crippen LogP contribution in [0.1, 0.15) is 49.5 Å². The van der Waals surface area contributed by atoms with Gasteiger partial charge in [0.15, 0.2) is 5.11 Å². The number of sulfonamides is 1. The second-order valence-electron chi connectivity index (χ2n) is 6.80. The van der Waals surface area contributed by atoms with Gasteiger partial charge in [-0.3, -0.25) is 10.1 Å². The number of benzene rings is 2. The van der Waals surface area contributed by atoms with Crippen LogP contribution in [0.5, 0.6) is 0 Å². The molecular formula is C21H27N3O3S2. The number of nitrogens with zero attached hydrogens (tertiary/aromatic N) is 1. The summed E-state index contributed by atoms with van der Waals surface area (Å²) in [5, 5.41) is 5.67. The predicted molar refractivity (Wildman–Crippen MR) is 121 cm³/mol. The Balaban J connectivity index is 2.01. The zero-order valence-electron chi connectivity index (χ0n) is 17.1. The summed E-state index contributed by atoms with van der Waals surface area (Å²) in [7, 11) is -3.51. The molecule has 0 atom stereocenters. The number of hydrogen-bond acceptors (Lipinski definition) is 4. The van der Waals surface area contributed by atoms with Crippen molar-refractivity contribution in [1.29, 1.82) is 0 Å². The summed E-state index contributed by atoms with van der Waals surface area (Å²) in [6, 6.07) is 13.6. The first kappa shape index (κ1) is 23.0. The minimum atomic E-state index is -3.51. The molecule has 2 N–H and O–H groups in total. The average molecular weight is 434 g/mol. The first-order chi connectivity index (χ1) is 13.7. The summed E-state index contributed by atoms with van der Waals surface area (Å²) in [5.41, 5.74) is 2.25. The third-order valence-corrected chi connectivity index (χ3v) is 6.79. The molecule has 0 bridgehead atoms. The van der Waals surface area contributed by atoms with Gasteiger partial charge in [-0.05, 0) is 60.1 Å². The summed E-state index contributed by atoms with van der Waals surface area (Å²) in [4.78, 5) is 12.5. The Morgan fingerprint density at radius 2 is 1.55 bits per heavy atom. The Morgan fingerprint density at radius 3 is 2.03 bits per heavy atom. The molecule has 0 aliphatic rings. The molecule has 29 heavy (non-hydrogen) atoms. The molecule has 0 heterocycles. The molecular weight excluding hydrogens is 406 g/mol. The largest absolute Gasteiger partial charge is 0.332 e. The maximum absolute atomic E-state index is 12.5. The van der Waals surface area contributed by atoms with Gasteiger partial charge in [0.05, 0.1) is 4.90 Å². The highest BCUT2D eigenvalue weighted by atomic mass is 32.2. The van der Waals surface area contributed by atoms with Gasteiger partial charge in [-0.25, -0.2) is 8.42 Å². The molecule has 8 heteroatoms. The fraction of sp³-hybridized carbons (Fsp3) is 0.333. The van der Waals surface area contributed by atoms with Crippen LogP contribution in [-0.2, 0) is 10.0 Å². The third-order valence-electron chi connectivity index (χ3n) is 4.52. The summed E-state index contributed by atoms with van der Waals surface area (Å²) >= 11 is 5.20. The van der Waals surface area contributed by atoms with Crippen LogP contribution in [0.4, 0.5) is 5.69 Å². The van der Waals surface area contributed by atoms with Crippen molar-refractivity contribution in [2.75, 3.05) is 18.4 Å². The zero-order valence-corrected chi connectivity index (χ0v) is 18.7. The normalized spacial score (nSPS) is 11.5. The summed E-state index contributed by atoms with van der Waals surface area (Å²) in [6.45, 7) is 8.60. The van der Waals surface area contributed by atoms with Gasteiger partial charge in [0.1, 0.15) is 0 Å². The van der Waals surface area contributed by atoms with E-state index in [1.54, 1.807) is 38.1 Å². The van der Waals surface area contributed by atoms with E-state index in [2.05, 4.69) is 24.5 Å². The highest BCUT2D eigenvalue weighted by Crippen LogP contribution is 2.18. The van der Waals surface area contributed by atoms with Gasteiger partial charge in [-0.2, -0.15) is 4.31 Å². The van der Waals surface area contributed by atoms with Crippen molar-refractivity contribution in [1.82, 2.24) is 9.62 Å². The minimum absolute atomic E-state index is 0.141. The van der Waals surface area contributed by atoms with Crippen molar-refractivity contribution in [3.05, 3.63) is 59.7 Å². The third kappa shape index (κ3) is 5.85. The SMILES string of the molecule is CCN(CC)S(=O)(=O)c1ccc(NC(=S)NC(=O)c2ccc(C(C)C)cc2)cc1. The highest BCUT2D eigenvalue weighted by Gasteiger charge is 2.21. The van der Waals surface area contributed by atoms with E-state index >= 15 is 0 Å².